The molecule has 1 heterocycles. The molecule has 150 valence electrons. The summed E-state index contributed by atoms with van der Waals surface area (Å²) < 4.78 is 0. The van der Waals surface area contributed by atoms with Crippen LogP contribution in [0.5, 0.6) is 0 Å². The molecule has 0 spiro atoms. The van der Waals surface area contributed by atoms with Crippen LogP contribution in [-0.4, -0.2) is 65.0 Å². The Labute approximate surface area is 167 Å². The van der Waals surface area contributed by atoms with Crippen LogP contribution >= 0.6 is 12.4 Å². The average molecular weight is 396 g/mol. The van der Waals surface area contributed by atoms with Crippen molar-refractivity contribution in [3.8, 4) is 0 Å². The first-order valence-corrected chi connectivity index (χ1v) is 9.63. The number of likely N-dealkylation sites (tertiary alicyclic amines) is 1. The fourth-order valence-corrected chi connectivity index (χ4v) is 3.85. The molecular formula is C20H30ClN3O3. The Kier molecular flexibility index (Phi) is 8.07. The molecule has 6 nitrogen and oxygen atoms in total. The first kappa shape index (κ1) is 21.7. The molecule has 2 aliphatic rings. The van der Waals surface area contributed by atoms with Gasteiger partial charge in [-0.3, -0.25) is 19.4 Å². The lowest BCUT2D eigenvalue weighted by Crippen LogP contribution is -2.50. The molecule has 1 aromatic carbocycles. The topological polar surface area (TPSA) is 72.9 Å². The fourth-order valence-electron chi connectivity index (χ4n) is 3.85. The summed E-state index contributed by atoms with van der Waals surface area (Å²) in [5.41, 5.74) is 1.03. The van der Waals surface area contributed by atoms with Crippen molar-refractivity contribution in [2.75, 3.05) is 26.2 Å². The third-order valence-electron chi connectivity index (χ3n) is 5.41. The molecule has 1 unspecified atom stereocenters. The molecule has 2 N–H and O–H groups in total. The summed E-state index contributed by atoms with van der Waals surface area (Å²) in [5.74, 6) is -0.685. The standard InChI is InChI=1S/C20H29N3O3.ClH/c1-2-22(14-18(24)25)17-10-12-23(13-11-17)19(15-6-4-3-5-7-15)20(26)21-16-8-9-16;/h3-7,16-17,19H,2,8-14H2,1H3,(H,21,26)(H,24,25);1H. The highest BCUT2D eigenvalue weighted by atomic mass is 35.5. The molecule has 1 aliphatic heterocycles. The number of benzene rings is 1. The third-order valence-corrected chi connectivity index (χ3v) is 5.41. The predicted molar refractivity (Wildman–Crippen MR) is 107 cm³/mol. The molecule has 2 fully saturated rings. The molecule has 1 amide bonds. The van der Waals surface area contributed by atoms with E-state index in [1.54, 1.807) is 0 Å². The summed E-state index contributed by atoms with van der Waals surface area (Å²) in [6.07, 6.45) is 3.94. The maximum atomic E-state index is 12.9. The van der Waals surface area contributed by atoms with Gasteiger partial charge in [-0.2, -0.15) is 0 Å². The van der Waals surface area contributed by atoms with E-state index < -0.39 is 5.97 Å². The number of halogens is 1. The van der Waals surface area contributed by atoms with Crippen LogP contribution in [0.25, 0.3) is 0 Å². The van der Waals surface area contributed by atoms with Gasteiger partial charge in [0.2, 0.25) is 5.91 Å². The lowest BCUT2D eigenvalue weighted by molar-refractivity contribution is -0.139. The fraction of sp³-hybridized carbons (Fsp3) is 0.600. The average Bonchev–Trinajstić information content (AvgIpc) is 3.45. The number of carboxylic acids is 1. The smallest absolute Gasteiger partial charge is 0.317 e. The largest absolute Gasteiger partial charge is 0.480 e. The van der Waals surface area contributed by atoms with Crippen molar-refractivity contribution in [1.29, 1.82) is 0 Å². The number of amides is 1. The Morgan fingerprint density at radius 2 is 1.81 bits per heavy atom. The summed E-state index contributed by atoms with van der Waals surface area (Å²) in [4.78, 5) is 28.2. The summed E-state index contributed by atoms with van der Waals surface area (Å²) in [5, 5.41) is 12.2. The number of carboxylic acid groups (broad SMARTS) is 1. The predicted octanol–water partition coefficient (Wildman–Crippen LogP) is 2.30. The maximum Gasteiger partial charge on any atom is 0.317 e. The van der Waals surface area contributed by atoms with E-state index in [2.05, 4.69) is 10.2 Å². The van der Waals surface area contributed by atoms with Crippen LogP contribution in [0.3, 0.4) is 0 Å². The van der Waals surface area contributed by atoms with Crippen LogP contribution in [0, 0.1) is 0 Å². The number of carbonyl (C=O) groups excluding carboxylic acids is 1. The number of nitrogens with zero attached hydrogens (tertiary/aromatic N) is 2. The van der Waals surface area contributed by atoms with Crippen LogP contribution < -0.4 is 5.32 Å². The van der Waals surface area contributed by atoms with Gasteiger partial charge in [-0.25, -0.2) is 0 Å². The van der Waals surface area contributed by atoms with Gasteiger partial charge in [0.25, 0.3) is 0 Å². The minimum Gasteiger partial charge on any atom is -0.480 e. The van der Waals surface area contributed by atoms with Gasteiger partial charge in [0.05, 0.1) is 6.54 Å². The normalized spacial score (nSPS) is 19.3. The van der Waals surface area contributed by atoms with Crippen LogP contribution in [-0.2, 0) is 9.59 Å². The first-order chi connectivity index (χ1) is 12.6. The second-order valence-corrected chi connectivity index (χ2v) is 7.32. The first-order valence-electron chi connectivity index (χ1n) is 9.63. The summed E-state index contributed by atoms with van der Waals surface area (Å²) >= 11 is 0. The lowest BCUT2D eigenvalue weighted by atomic mass is 9.97. The van der Waals surface area contributed by atoms with Gasteiger partial charge in [-0.05, 0) is 37.8 Å². The molecule has 0 bridgehead atoms. The number of nitrogens with one attached hydrogen (secondary N) is 1. The van der Waals surface area contributed by atoms with Gasteiger partial charge in [0.15, 0.2) is 0 Å². The summed E-state index contributed by atoms with van der Waals surface area (Å²) in [6, 6.07) is 10.3. The van der Waals surface area contributed by atoms with Crippen molar-refractivity contribution in [3.63, 3.8) is 0 Å². The van der Waals surface area contributed by atoms with E-state index in [1.807, 2.05) is 42.2 Å². The number of rotatable bonds is 8. The van der Waals surface area contributed by atoms with Crippen molar-refractivity contribution in [2.24, 2.45) is 0 Å². The van der Waals surface area contributed by atoms with Crippen molar-refractivity contribution in [1.82, 2.24) is 15.1 Å². The van der Waals surface area contributed by atoms with Crippen LogP contribution in [0.2, 0.25) is 0 Å². The molecule has 1 saturated heterocycles. The second-order valence-electron chi connectivity index (χ2n) is 7.32. The highest BCUT2D eigenvalue weighted by Crippen LogP contribution is 2.28. The van der Waals surface area contributed by atoms with E-state index in [4.69, 9.17) is 5.11 Å². The molecule has 1 saturated carbocycles. The Morgan fingerprint density at radius 3 is 2.33 bits per heavy atom. The van der Waals surface area contributed by atoms with E-state index in [9.17, 15) is 9.59 Å². The molecule has 1 aromatic rings. The van der Waals surface area contributed by atoms with Crippen LogP contribution in [0.1, 0.15) is 44.2 Å². The zero-order valence-electron chi connectivity index (χ0n) is 15.8. The van der Waals surface area contributed by atoms with E-state index in [0.29, 0.717) is 6.04 Å². The zero-order valence-corrected chi connectivity index (χ0v) is 16.7. The molecule has 0 radical (unpaired) electrons. The Morgan fingerprint density at radius 1 is 1.19 bits per heavy atom. The third kappa shape index (κ3) is 5.92. The number of aliphatic carboxylic acids is 1. The molecule has 1 aliphatic carbocycles. The zero-order chi connectivity index (χ0) is 18.5. The van der Waals surface area contributed by atoms with E-state index in [-0.39, 0.29) is 36.9 Å². The molecular weight excluding hydrogens is 366 g/mol. The number of carbonyl (C=O) groups is 2. The molecule has 3 rings (SSSR count). The molecule has 7 heteroatoms. The lowest BCUT2D eigenvalue weighted by Gasteiger charge is -2.40. The quantitative estimate of drug-likeness (QED) is 0.706. The Balaban J connectivity index is 0.00000261. The SMILES string of the molecule is CCN(CC(=O)O)C1CCN(C(C(=O)NC2CC2)c2ccccc2)CC1.Cl. The Bertz CT molecular complexity index is 616. The van der Waals surface area contributed by atoms with Gasteiger partial charge in [0, 0.05) is 25.2 Å². The van der Waals surface area contributed by atoms with Crippen LogP contribution in [0.4, 0.5) is 0 Å². The van der Waals surface area contributed by atoms with Crippen molar-refractivity contribution < 1.29 is 14.7 Å². The summed E-state index contributed by atoms with van der Waals surface area (Å²) in [7, 11) is 0. The second kappa shape index (κ2) is 10.1. The van der Waals surface area contributed by atoms with Gasteiger partial charge >= 0.3 is 5.97 Å². The van der Waals surface area contributed by atoms with Crippen LogP contribution in [0.15, 0.2) is 30.3 Å². The molecule has 0 aromatic heterocycles. The van der Waals surface area contributed by atoms with Crippen molar-refractivity contribution in [3.05, 3.63) is 35.9 Å². The van der Waals surface area contributed by atoms with E-state index in [0.717, 1.165) is 50.9 Å². The molecule has 27 heavy (non-hydrogen) atoms. The van der Waals surface area contributed by atoms with E-state index >= 15 is 0 Å². The number of piperidine rings is 1. The van der Waals surface area contributed by atoms with Gasteiger partial charge in [0.1, 0.15) is 6.04 Å². The molecule has 1 atom stereocenters. The van der Waals surface area contributed by atoms with Crippen molar-refractivity contribution in [2.45, 2.75) is 50.7 Å². The highest BCUT2D eigenvalue weighted by Gasteiger charge is 2.35. The number of likely N-dealkylation sites (N-methyl/N-ethyl adjacent to an activating group) is 1. The van der Waals surface area contributed by atoms with E-state index in [1.165, 1.54) is 0 Å². The monoisotopic (exact) mass is 395 g/mol. The number of hydrogen-bond acceptors (Lipinski definition) is 4. The van der Waals surface area contributed by atoms with Gasteiger partial charge in [-0.1, -0.05) is 37.3 Å². The highest BCUT2D eigenvalue weighted by molar-refractivity contribution is 5.85. The minimum atomic E-state index is -0.778. The minimum absolute atomic E-state index is 0. The van der Waals surface area contributed by atoms with Gasteiger partial charge in [-0.15, -0.1) is 12.4 Å². The van der Waals surface area contributed by atoms with Crippen molar-refractivity contribution >= 4 is 24.3 Å². The Hall–Kier alpha value is -1.63. The maximum absolute atomic E-state index is 12.9. The number of hydrogen-bond donors (Lipinski definition) is 2. The summed E-state index contributed by atoms with van der Waals surface area (Å²) in [6.45, 7) is 4.44. The van der Waals surface area contributed by atoms with Gasteiger partial charge < -0.3 is 10.4 Å².